The number of benzene rings is 2. The van der Waals surface area contributed by atoms with Gasteiger partial charge in [0.05, 0.1) is 11.1 Å². The highest BCUT2D eigenvalue weighted by Gasteiger charge is 2.24. The maximum absolute atomic E-state index is 3.70. The fraction of sp³-hybridized carbons (Fsp3) is 0.286. The molecule has 1 heterocycles. The molecule has 0 aliphatic heterocycles. The van der Waals surface area contributed by atoms with Crippen molar-refractivity contribution in [3.8, 4) is 0 Å². The summed E-state index contributed by atoms with van der Waals surface area (Å²) in [6.07, 6.45) is 3.52. The van der Waals surface area contributed by atoms with Crippen LogP contribution in [-0.2, 0) is 12.8 Å². The van der Waals surface area contributed by atoms with Crippen LogP contribution in [0.3, 0.4) is 0 Å². The van der Waals surface area contributed by atoms with Gasteiger partial charge >= 0.3 is 0 Å². The van der Waals surface area contributed by atoms with E-state index in [0.717, 1.165) is 18.5 Å². The Morgan fingerprint density at radius 2 is 1.79 bits per heavy atom. The first-order chi connectivity index (χ1) is 11.6. The summed E-state index contributed by atoms with van der Waals surface area (Å²) >= 11 is 0. The van der Waals surface area contributed by atoms with Gasteiger partial charge in [-0.1, -0.05) is 6.07 Å². The molecule has 0 spiro atoms. The Morgan fingerprint density at radius 3 is 2.54 bits per heavy atom. The highest BCUT2D eigenvalue weighted by molar-refractivity contribution is 5.94. The van der Waals surface area contributed by atoms with Crippen LogP contribution in [0.2, 0.25) is 0 Å². The van der Waals surface area contributed by atoms with Gasteiger partial charge in [0, 0.05) is 43.5 Å². The molecule has 1 aliphatic carbocycles. The number of rotatable bonds is 3. The molecule has 4 rings (SSSR count). The topological polar surface area (TPSA) is 29.4 Å². The summed E-state index contributed by atoms with van der Waals surface area (Å²) in [4.78, 5) is 5.76. The molecule has 0 amide bonds. The van der Waals surface area contributed by atoms with E-state index in [0.29, 0.717) is 0 Å². The van der Waals surface area contributed by atoms with Gasteiger partial charge in [-0.15, -0.1) is 0 Å². The summed E-state index contributed by atoms with van der Waals surface area (Å²) in [7, 11) is 4.14. The van der Waals surface area contributed by atoms with E-state index in [1.165, 1.54) is 45.5 Å². The molecule has 2 aromatic carbocycles. The number of aromatic nitrogens is 1. The Bertz CT molecular complexity index is 895. The summed E-state index contributed by atoms with van der Waals surface area (Å²) < 4.78 is 0. The number of aromatic amines is 1. The molecule has 1 aliphatic rings. The summed E-state index contributed by atoms with van der Waals surface area (Å²) in [5.74, 6) is 0. The van der Waals surface area contributed by atoms with Gasteiger partial charge in [-0.25, -0.2) is 4.98 Å². The zero-order valence-electron chi connectivity index (χ0n) is 14.6. The van der Waals surface area contributed by atoms with Crippen LogP contribution in [-0.4, -0.2) is 14.1 Å². The average molecular weight is 318 g/mol. The van der Waals surface area contributed by atoms with Gasteiger partial charge in [-0.2, -0.15) is 0 Å². The van der Waals surface area contributed by atoms with Gasteiger partial charge in [0.2, 0.25) is 5.52 Å². The summed E-state index contributed by atoms with van der Waals surface area (Å²) in [6.45, 7) is 2.16. The minimum absolute atomic E-state index is 1.14. The van der Waals surface area contributed by atoms with Crippen LogP contribution in [0.15, 0.2) is 42.5 Å². The van der Waals surface area contributed by atoms with E-state index in [9.17, 15) is 0 Å². The smallest absolute Gasteiger partial charge is 0.213 e. The van der Waals surface area contributed by atoms with Gasteiger partial charge in [0.1, 0.15) is 0 Å². The third-order valence-corrected chi connectivity index (χ3v) is 4.90. The highest BCUT2D eigenvalue weighted by atomic mass is 15.1. The zero-order chi connectivity index (χ0) is 16.7. The largest absolute Gasteiger partial charge is 0.378 e. The monoisotopic (exact) mass is 318 g/mol. The molecule has 0 unspecified atom stereocenters. The molecule has 3 heteroatoms. The molecule has 24 heavy (non-hydrogen) atoms. The van der Waals surface area contributed by atoms with Crippen LogP contribution in [0.5, 0.6) is 0 Å². The van der Waals surface area contributed by atoms with E-state index in [2.05, 4.69) is 78.7 Å². The standard InChI is InChI=1S/C21H23N3/c1-14-7-12-20-18(13-14)21(17-5-4-6-19(17)23-20)22-15-8-10-16(11-9-15)24(2)3/h7-13H,4-6H2,1-3H3,(H,22,23)/p+1. The van der Waals surface area contributed by atoms with Crippen molar-refractivity contribution in [2.45, 2.75) is 26.2 Å². The normalized spacial score (nSPS) is 13.1. The van der Waals surface area contributed by atoms with Crippen molar-refractivity contribution >= 4 is 28.0 Å². The lowest BCUT2D eigenvalue weighted by Gasteiger charge is -2.15. The lowest BCUT2D eigenvalue weighted by atomic mass is 10.0. The number of anilines is 3. The fourth-order valence-corrected chi connectivity index (χ4v) is 3.59. The lowest BCUT2D eigenvalue weighted by Crippen LogP contribution is -2.14. The average Bonchev–Trinajstić information content (AvgIpc) is 3.04. The van der Waals surface area contributed by atoms with Crippen molar-refractivity contribution in [2.24, 2.45) is 0 Å². The predicted molar refractivity (Wildman–Crippen MR) is 101 cm³/mol. The Morgan fingerprint density at radius 1 is 1.00 bits per heavy atom. The summed E-state index contributed by atoms with van der Waals surface area (Å²) in [6, 6.07) is 15.3. The second-order valence-electron chi connectivity index (χ2n) is 6.93. The first kappa shape index (κ1) is 15.0. The number of pyridine rings is 1. The minimum atomic E-state index is 1.14. The van der Waals surface area contributed by atoms with E-state index >= 15 is 0 Å². The first-order valence-electron chi connectivity index (χ1n) is 8.63. The van der Waals surface area contributed by atoms with Crippen LogP contribution in [0.1, 0.15) is 23.2 Å². The van der Waals surface area contributed by atoms with E-state index in [1.54, 1.807) is 0 Å². The molecule has 0 fully saturated rings. The number of aryl methyl sites for hydroxylation is 2. The second-order valence-corrected chi connectivity index (χ2v) is 6.93. The van der Waals surface area contributed by atoms with Crippen molar-refractivity contribution < 1.29 is 4.98 Å². The quantitative estimate of drug-likeness (QED) is 0.782. The van der Waals surface area contributed by atoms with Gasteiger partial charge < -0.3 is 10.2 Å². The Hall–Kier alpha value is -2.55. The molecule has 0 radical (unpaired) electrons. The van der Waals surface area contributed by atoms with Crippen molar-refractivity contribution in [2.75, 3.05) is 24.3 Å². The van der Waals surface area contributed by atoms with Gasteiger partial charge in [-0.3, -0.25) is 0 Å². The molecule has 0 saturated heterocycles. The fourth-order valence-electron chi connectivity index (χ4n) is 3.59. The van der Waals surface area contributed by atoms with Gasteiger partial charge in [0.15, 0.2) is 5.69 Å². The SMILES string of the molecule is Cc1ccc2[nH+]c3c(c(Nc4ccc(N(C)C)cc4)c2c1)CCC3. The summed E-state index contributed by atoms with van der Waals surface area (Å²) in [5.41, 5.74) is 8.98. The van der Waals surface area contributed by atoms with Crippen LogP contribution in [0.4, 0.5) is 17.1 Å². The molecule has 122 valence electrons. The van der Waals surface area contributed by atoms with E-state index in [-0.39, 0.29) is 0 Å². The van der Waals surface area contributed by atoms with Gasteiger partial charge in [0.25, 0.3) is 0 Å². The van der Waals surface area contributed by atoms with Gasteiger partial charge in [-0.05, 0) is 55.7 Å². The molecular formula is C21H24N3+. The third-order valence-electron chi connectivity index (χ3n) is 4.90. The number of hydrogen-bond donors (Lipinski definition) is 1. The first-order valence-corrected chi connectivity index (χ1v) is 8.63. The number of fused-ring (bicyclic) bond motifs is 2. The Balaban J connectivity index is 1.81. The van der Waals surface area contributed by atoms with E-state index in [1.807, 2.05) is 0 Å². The molecule has 1 aromatic heterocycles. The second kappa shape index (κ2) is 5.82. The molecule has 2 N–H and O–H groups in total. The van der Waals surface area contributed by atoms with E-state index < -0.39 is 0 Å². The third kappa shape index (κ3) is 2.60. The molecule has 3 aromatic rings. The molecule has 0 bridgehead atoms. The minimum Gasteiger partial charge on any atom is -0.378 e. The lowest BCUT2D eigenvalue weighted by molar-refractivity contribution is -0.356. The van der Waals surface area contributed by atoms with Crippen LogP contribution >= 0.6 is 0 Å². The molecule has 0 saturated carbocycles. The maximum Gasteiger partial charge on any atom is 0.213 e. The van der Waals surface area contributed by atoms with Crippen LogP contribution in [0.25, 0.3) is 10.9 Å². The highest BCUT2D eigenvalue weighted by Crippen LogP contribution is 2.34. The predicted octanol–water partition coefficient (Wildman–Crippen LogP) is 4.26. The van der Waals surface area contributed by atoms with Crippen molar-refractivity contribution in [1.82, 2.24) is 0 Å². The maximum atomic E-state index is 3.70. The molecule has 0 atom stereocenters. The number of nitrogens with zero attached hydrogens (tertiary/aromatic N) is 1. The molecular weight excluding hydrogens is 294 g/mol. The van der Waals surface area contributed by atoms with Crippen molar-refractivity contribution in [3.05, 3.63) is 59.3 Å². The van der Waals surface area contributed by atoms with Crippen molar-refractivity contribution in [3.63, 3.8) is 0 Å². The zero-order valence-corrected chi connectivity index (χ0v) is 14.6. The van der Waals surface area contributed by atoms with Crippen LogP contribution < -0.4 is 15.2 Å². The Labute approximate surface area is 143 Å². The molecule has 3 nitrogen and oxygen atoms in total. The number of H-pyrrole nitrogens is 1. The number of hydrogen-bond acceptors (Lipinski definition) is 2. The summed E-state index contributed by atoms with van der Waals surface area (Å²) in [5, 5.41) is 4.99. The number of nitrogens with one attached hydrogen (secondary N) is 2. The van der Waals surface area contributed by atoms with Crippen molar-refractivity contribution in [1.29, 1.82) is 0 Å². The van der Waals surface area contributed by atoms with E-state index in [4.69, 9.17) is 0 Å². The Kier molecular flexibility index (Phi) is 3.64. The van der Waals surface area contributed by atoms with Crippen LogP contribution in [0, 0.1) is 6.92 Å².